The summed E-state index contributed by atoms with van der Waals surface area (Å²) < 4.78 is 5.58. The third kappa shape index (κ3) is 2.98. The van der Waals surface area contributed by atoms with Crippen LogP contribution >= 0.6 is 12.2 Å². The predicted molar refractivity (Wildman–Crippen MR) is 77.1 cm³/mol. The molecule has 1 heterocycles. The fraction of sp³-hybridized carbons (Fsp3) is 0.385. The van der Waals surface area contributed by atoms with E-state index in [1.807, 2.05) is 18.2 Å². The molecule has 96 valence electrons. The summed E-state index contributed by atoms with van der Waals surface area (Å²) in [5, 5.41) is 0. The Labute approximate surface area is 112 Å². The second-order valence-corrected chi connectivity index (χ2v) is 5.04. The Bertz CT molecular complexity index is 562. The number of hydrogen-bond donors (Lipinski definition) is 2. The summed E-state index contributed by atoms with van der Waals surface area (Å²) in [4.78, 5) is 8.27. The summed E-state index contributed by atoms with van der Waals surface area (Å²) in [7, 11) is 0. The minimum Gasteiger partial charge on any atom is -0.493 e. The number of thiocarbonyl (C=S) groups is 1. The maximum absolute atomic E-state index is 5.58. The lowest BCUT2D eigenvalue weighted by Gasteiger charge is -2.04. The number of nitrogens with zero attached hydrogens (tertiary/aromatic N) is 1. The zero-order valence-electron chi connectivity index (χ0n) is 10.6. The van der Waals surface area contributed by atoms with Crippen molar-refractivity contribution in [2.24, 2.45) is 5.73 Å². The minimum atomic E-state index is 0.386. The summed E-state index contributed by atoms with van der Waals surface area (Å²) in [5.41, 5.74) is 7.37. The molecule has 0 saturated carbocycles. The Balaban J connectivity index is 2.14. The monoisotopic (exact) mass is 263 g/mol. The molecule has 0 saturated heterocycles. The second-order valence-electron chi connectivity index (χ2n) is 4.52. The first kappa shape index (κ1) is 12.8. The van der Waals surface area contributed by atoms with Gasteiger partial charge in [0.25, 0.3) is 0 Å². The van der Waals surface area contributed by atoms with Crippen molar-refractivity contribution in [3.05, 3.63) is 24.0 Å². The molecule has 0 spiro atoms. The number of nitrogens with two attached hydrogens (primary N) is 1. The van der Waals surface area contributed by atoms with Gasteiger partial charge in [-0.1, -0.05) is 26.1 Å². The van der Waals surface area contributed by atoms with Crippen LogP contribution < -0.4 is 10.5 Å². The molecule has 0 aliphatic rings. The van der Waals surface area contributed by atoms with Gasteiger partial charge in [0.15, 0.2) is 0 Å². The molecule has 4 nitrogen and oxygen atoms in total. The Morgan fingerprint density at radius 1 is 1.50 bits per heavy atom. The van der Waals surface area contributed by atoms with E-state index in [9.17, 15) is 0 Å². The van der Waals surface area contributed by atoms with Crippen LogP contribution in [0, 0.1) is 0 Å². The molecule has 0 atom stereocenters. The third-order valence-electron chi connectivity index (χ3n) is 2.64. The zero-order valence-corrected chi connectivity index (χ0v) is 11.4. The Hall–Kier alpha value is -1.62. The van der Waals surface area contributed by atoms with Crippen molar-refractivity contribution < 1.29 is 4.74 Å². The third-order valence-corrected chi connectivity index (χ3v) is 2.84. The van der Waals surface area contributed by atoms with Crippen LogP contribution in [0.25, 0.3) is 11.0 Å². The highest BCUT2D eigenvalue weighted by Gasteiger charge is 2.07. The summed E-state index contributed by atoms with van der Waals surface area (Å²) in [6.07, 6.45) is 0.591. The van der Waals surface area contributed by atoms with E-state index < -0.39 is 0 Å². The van der Waals surface area contributed by atoms with Crippen molar-refractivity contribution in [2.45, 2.75) is 26.2 Å². The molecule has 0 unspecified atom stereocenters. The van der Waals surface area contributed by atoms with Gasteiger partial charge in [-0.2, -0.15) is 0 Å². The fourth-order valence-electron chi connectivity index (χ4n) is 1.64. The van der Waals surface area contributed by atoms with E-state index in [2.05, 4.69) is 23.8 Å². The van der Waals surface area contributed by atoms with Gasteiger partial charge in [-0.25, -0.2) is 4.98 Å². The van der Waals surface area contributed by atoms with Crippen molar-refractivity contribution in [3.8, 4) is 5.75 Å². The molecular weight excluding hydrogens is 246 g/mol. The van der Waals surface area contributed by atoms with Crippen molar-refractivity contribution in [1.29, 1.82) is 0 Å². The summed E-state index contributed by atoms with van der Waals surface area (Å²) >= 11 is 4.80. The van der Waals surface area contributed by atoms with Crippen molar-refractivity contribution >= 4 is 28.2 Å². The normalized spacial score (nSPS) is 11.1. The Kier molecular flexibility index (Phi) is 3.81. The molecule has 2 rings (SSSR count). The lowest BCUT2D eigenvalue weighted by atomic mass is 10.2. The van der Waals surface area contributed by atoms with E-state index in [1.165, 1.54) is 0 Å². The highest BCUT2D eigenvalue weighted by molar-refractivity contribution is 7.80. The number of ether oxygens (including phenoxy) is 1. The molecule has 0 aliphatic heterocycles. The van der Waals surface area contributed by atoms with Gasteiger partial charge in [-0.05, 0) is 12.1 Å². The van der Waals surface area contributed by atoms with Gasteiger partial charge in [0.2, 0.25) is 0 Å². The maximum atomic E-state index is 5.58. The highest BCUT2D eigenvalue weighted by Crippen LogP contribution is 2.21. The van der Waals surface area contributed by atoms with E-state index in [0.29, 0.717) is 23.9 Å². The number of aromatic nitrogens is 2. The topological polar surface area (TPSA) is 63.9 Å². The number of hydrogen-bond acceptors (Lipinski definition) is 3. The van der Waals surface area contributed by atoms with Gasteiger partial charge in [-0.15, -0.1) is 0 Å². The molecule has 0 bridgehead atoms. The molecule has 0 aliphatic carbocycles. The number of fused-ring (bicyclic) bond motifs is 1. The maximum Gasteiger partial charge on any atom is 0.121 e. The van der Waals surface area contributed by atoms with Crippen molar-refractivity contribution in [2.75, 3.05) is 6.61 Å². The number of aromatic amines is 1. The molecule has 18 heavy (non-hydrogen) atoms. The number of H-pyrrole nitrogens is 1. The Morgan fingerprint density at radius 3 is 2.94 bits per heavy atom. The number of imidazole rings is 1. The van der Waals surface area contributed by atoms with E-state index >= 15 is 0 Å². The summed E-state index contributed by atoms with van der Waals surface area (Å²) in [6.45, 7) is 4.72. The van der Waals surface area contributed by atoms with Crippen LogP contribution in [-0.4, -0.2) is 21.6 Å². The van der Waals surface area contributed by atoms with E-state index in [0.717, 1.165) is 22.6 Å². The van der Waals surface area contributed by atoms with Gasteiger partial charge in [0.05, 0.1) is 22.6 Å². The molecule has 1 aromatic heterocycles. The van der Waals surface area contributed by atoms with Crippen molar-refractivity contribution in [1.82, 2.24) is 9.97 Å². The van der Waals surface area contributed by atoms with Gasteiger partial charge < -0.3 is 15.5 Å². The number of nitrogens with one attached hydrogen (secondary N) is 1. The van der Waals surface area contributed by atoms with Gasteiger partial charge in [0, 0.05) is 18.4 Å². The Morgan fingerprint density at radius 2 is 2.28 bits per heavy atom. The van der Waals surface area contributed by atoms with Crippen LogP contribution in [0.5, 0.6) is 5.75 Å². The molecule has 3 N–H and O–H groups in total. The van der Waals surface area contributed by atoms with Crippen LogP contribution in [0.4, 0.5) is 0 Å². The van der Waals surface area contributed by atoms with Crippen LogP contribution in [-0.2, 0) is 0 Å². The average Bonchev–Trinajstić information content (AvgIpc) is 2.71. The van der Waals surface area contributed by atoms with Crippen LogP contribution in [0.2, 0.25) is 0 Å². The molecule has 0 fully saturated rings. The zero-order chi connectivity index (χ0) is 13.1. The van der Waals surface area contributed by atoms with Crippen LogP contribution in [0.3, 0.4) is 0 Å². The van der Waals surface area contributed by atoms with E-state index in [1.54, 1.807) is 0 Å². The smallest absolute Gasteiger partial charge is 0.121 e. The molecule has 5 heteroatoms. The lowest BCUT2D eigenvalue weighted by molar-refractivity contribution is 0.330. The quantitative estimate of drug-likeness (QED) is 0.814. The standard InChI is InChI=1S/C13H17N3OS/c1-8(2)13-15-10-4-3-9(7-11(10)16-13)17-6-5-12(14)18/h3-4,7-8H,5-6H2,1-2H3,(H2,14,18)(H,15,16). The molecule has 1 aromatic carbocycles. The van der Waals surface area contributed by atoms with Crippen LogP contribution in [0.15, 0.2) is 18.2 Å². The summed E-state index contributed by atoms with van der Waals surface area (Å²) in [6, 6.07) is 5.81. The van der Waals surface area contributed by atoms with E-state index in [-0.39, 0.29) is 0 Å². The van der Waals surface area contributed by atoms with Gasteiger partial charge in [0.1, 0.15) is 11.6 Å². The predicted octanol–water partition coefficient (Wildman–Crippen LogP) is 2.74. The second kappa shape index (κ2) is 5.35. The minimum absolute atomic E-state index is 0.386. The van der Waals surface area contributed by atoms with Crippen molar-refractivity contribution in [3.63, 3.8) is 0 Å². The first-order valence-corrected chi connectivity index (χ1v) is 6.38. The average molecular weight is 263 g/mol. The molecule has 0 amide bonds. The SMILES string of the molecule is CC(C)c1nc2ccc(OCCC(N)=S)cc2[nH]1. The fourth-order valence-corrected chi connectivity index (χ4v) is 1.72. The first-order valence-electron chi connectivity index (χ1n) is 5.97. The van der Waals surface area contributed by atoms with Gasteiger partial charge >= 0.3 is 0 Å². The summed E-state index contributed by atoms with van der Waals surface area (Å²) in [5.74, 6) is 2.18. The van der Waals surface area contributed by atoms with Crippen LogP contribution in [0.1, 0.15) is 32.0 Å². The van der Waals surface area contributed by atoms with E-state index in [4.69, 9.17) is 22.7 Å². The first-order chi connectivity index (χ1) is 8.56. The van der Waals surface area contributed by atoms with Gasteiger partial charge in [-0.3, -0.25) is 0 Å². The number of rotatable bonds is 5. The highest BCUT2D eigenvalue weighted by atomic mass is 32.1. The number of benzene rings is 1. The lowest BCUT2D eigenvalue weighted by Crippen LogP contribution is -2.12. The molecule has 0 radical (unpaired) electrons. The largest absolute Gasteiger partial charge is 0.493 e. The molecular formula is C13H17N3OS. The molecule has 2 aromatic rings.